The molecule has 154 valence electrons. The molecule has 0 bridgehead atoms. The third-order valence-corrected chi connectivity index (χ3v) is 5.34. The van der Waals surface area contributed by atoms with E-state index in [-0.39, 0.29) is 18.2 Å². The molecule has 2 aromatic carbocycles. The summed E-state index contributed by atoms with van der Waals surface area (Å²) in [5.74, 6) is -0.594. The maximum atomic E-state index is 12.9. The van der Waals surface area contributed by atoms with Crippen molar-refractivity contribution < 1.29 is 14.7 Å². The highest BCUT2D eigenvalue weighted by atomic mass is 35.5. The number of rotatable bonds is 7. The standard InChI is InChI=1S/C22H21ClN4O3/c1-13-6-8-14(9-7-13)17(12-19(28)29)24-22(30)20-25-21(15-10-11-15)27(26-20)18-5-3-2-4-16(18)23/h2-9,15,17H,10-12H2,1H3,(H,24,30)(H,28,29). The highest BCUT2D eigenvalue weighted by Crippen LogP contribution is 2.40. The number of hydrogen-bond acceptors (Lipinski definition) is 4. The maximum absolute atomic E-state index is 12.9. The zero-order valence-corrected chi connectivity index (χ0v) is 17.1. The van der Waals surface area contributed by atoms with Crippen LogP contribution in [-0.4, -0.2) is 31.7 Å². The number of halogens is 1. The number of nitrogens with zero attached hydrogens (tertiary/aromatic N) is 3. The third kappa shape index (κ3) is 4.36. The maximum Gasteiger partial charge on any atom is 0.305 e. The summed E-state index contributed by atoms with van der Waals surface area (Å²) in [4.78, 5) is 28.7. The van der Waals surface area contributed by atoms with Crippen molar-refractivity contribution in [1.82, 2.24) is 20.1 Å². The van der Waals surface area contributed by atoms with Crippen molar-refractivity contribution in [3.63, 3.8) is 0 Å². The Morgan fingerprint density at radius 3 is 2.53 bits per heavy atom. The predicted molar refractivity (Wildman–Crippen MR) is 112 cm³/mol. The number of aliphatic carboxylic acids is 1. The summed E-state index contributed by atoms with van der Waals surface area (Å²) in [6.45, 7) is 1.94. The molecule has 4 rings (SSSR count). The summed E-state index contributed by atoms with van der Waals surface area (Å²) in [5.41, 5.74) is 2.42. The third-order valence-electron chi connectivity index (χ3n) is 5.02. The van der Waals surface area contributed by atoms with Crippen LogP contribution in [0.25, 0.3) is 5.69 Å². The summed E-state index contributed by atoms with van der Waals surface area (Å²) in [7, 11) is 0. The van der Waals surface area contributed by atoms with Gasteiger partial charge in [-0.15, -0.1) is 5.10 Å². The Hall–Kier alpha value is -3.19. The van der Waals surface area contributed by atoms with Crippen molar-refractivity contribution in [2.24, 2.45) is 0 Å². The molecular weight excluding hydrogens is 404 g/mol. The van der Waals surface area contributed by atoms with Gasteiger partial charge in [0.25, 0.3) is 5.91 Å². The van der Waals surface area contributed by atoms with E-state index in [2.05, 4.69) is 15.4 Å². The first-order valence-electron chi connectivity index (χ1n) is 9.73. The first-order valence-corrected chi connectivity index (χ1v) is 10.1. The highest BCUT2D eigenvalue weighted by molar-refractivity contribution is 6.32. The van der Waals surface area contributed by atoms with E-state index in [1.807, 2.05) is 49.4 Å². The Balaban J connectivity index is 1.63. The van der Waals surface area contributed by atoms with Gasteiger partial charge in [-0.1, -0.05) is 53.6 Å². The number of amides is 1. The Labute approximate surface area is 178 Å². The summed E-state index contributed by atoms with van der Waals surface area (Å²) in [5, 5.41) is 17.0. The van der Waals surface area contributed by atoms with Crippen LogP contribution in [0.4, 0.5) is 0 Å². The summed E-state index contributed by atoms with van der Waals surface area (Å²) < 4.78 is 1.62. The van der Waals surface area contributed by atoms with Gasteiger partial charge in [0.15, 0.2) is 0 Å². The van der Waals surface area contributed by atoms with E-state index >= 15 is 0 Å². The number of carboxylic acid groups (broad SMARTS) is 1. The number of carbonyl (C=O) groups is 2. The number of carboxylic acids is 1. The average molecular weight is 425 g/mol. The second-order valence-corrected chi connectivity index (χ2v) is 7.87. The molecule has 1 aliphatic rings. The average Bonchev–Trinajstić information content (AvgIpc) is 3.46. The number of aryl methyl sites for hydroxylation is 1. The molecule has 0 radical (unpaired) electrons. The molecule has 1 heterocycles. The summed E-state index contributed by atoms with van der Waals surface area (Å²) >= 11 is 6.32. The Kier molecular flexibility index (Phi) is 5.55. The molecule has 1 aromatic heterocycles. The second-order valence-electron chi connectivity index (χ2n) is 7.47. The van der Waals surface area contributed by atoms with E-state index in [0.717, 1.165) is 18.4 Å². The summed E-state index contributed by atoms with van der Waals surface area (Å²) in [6.07, 6.45) is 1.72. The first kappa shape index (κ1) is 20.1. The molecule has 1 saturated carbocycles. The van der Waals surface area contributed by atoms with Crippen LogP contribution in [0.15, 0.2) is 48.5 Å². The Morgan fingerprint density at radius 1 is 1.20 bits per heavy atom. The number of benzene rings is 2. The van der Waals surface area contributed by atoms with E-state index in [4.69, 9.17) is 11.6 Å². The minimum Gasteiger partial charge on any atom is -0.481 e. The predicted octanol–water partition coefficient (Wildman–Crippen LogP) is 4.05. The molecule has 1 unspecified atom stereocenters. The van der Waals surface area contributed by atoms with Crippen molar-refractivity contribution in [3.05, 3.63) is 76.3 Å². The Morgan fingerprint density at radius 2 is 1.90 bits per heavy atom. The zero-order chi connectivity index (χ0) is 21.3. The van der Waals surface area contributed by atoms with E-state index in [1.165, 1.54) is 0 Å². The fourth-order valence-electron chi connectivity index (χ4n) is 3.28. The van der Waals surface area contributed by atoms with Crippen molar-refractivity contribution in [2.45, 2.75) is 38.1 Å². The lowest BCUT2D eigenvalue weighted by atomic mass is 10.0. The molecule has 0 spiro atoms. The smallest absolute Gasteiger partial charge is 0.305 e. The molecule has 0 aliphatic heterocycles. The van der Waals surface area contributed by atoms with E-state index in [9.17, 15) is 14.7 Å². The first-order chi connectivity index (χ1) is 14.4. The van der Waals surface area contributed by atoms with Gasteiger partial charge in [-0.05, 0) is 37.5 Å². The van der Waals surface area contributed by atoms with E-state index in [1.54, 1.807) is 10.7 Å². The monoisotopic (exact) mass is 424 g/mol. The van der Waals surface area contributed by atoms with Crippen LogP contribution in [0.5, 0.6) is 0 Å². The quantitative estimate of drug-likeness (QED) is 0.596. The molecule has 30 heavy (non-hydrogen) atoms. The fraction of sp³-hybridized carbons (Fsp3) is 0.273. The van der Waals surface area contributed by atoms with Gasteiger partial charge in [-0.25, -0.2) is 9.67 Å². The molecule has 8 heteroatoms. The lowest BCUT2D eigenvalue weighted by Crippen LogP contribution is -2.31. The van der Waals surface area contributed by atoms with Crippen molar-refractivity contribution >= 4 is 23.5 Å². The fourth-order valence-corrected chi connectivity index (χ4v) is 3.49. The number of aromatic nitrogens is 3. The number of para-hydroxylation sites is 1. The minimum absolute atomic E-state index is 0.000629. The summed E-state index contributed by atoms with van der Waals surface area (Å²) in [6, 6.07) is 14.0. The second kappa shape index (κ2) is 8.28. The van der Waals surface area contributed by atoms with Gasteiger partial charge in [-0.2, -0.15) is 0 Å². The molecule has 1 fully saturated rings. The van der Waals surface area contributed by atoms with Crippen LogP contribution < -0.4 is 5.32 Å². The number of carbonyl (C=O) groups excluding carboxylic acids is 1. The van der Waals surface area contributed by atoms with Crippen LogP contribution in [0.3, 0.4) is 0 Å². The molecule has 2 N–H and O–H groups in total. The van der Waals surface area contributed by atoms with Crippen LogP contribution >= 0.6 is 11.6 Å². The number of nitrogens with one attached hydrogen (secondary N) is 1. The lowest BCUT2D eigenvalue weighted by molar-refractivity contribution is -0.137. The van der Waals surface area contributed by atoms with Gasteiger partial charge in [0.05, 0.1) is 23.2 Å². The van der Waals surface area contributed by atoms with Crippen molar-refractivity contribution in [3.8, 4) is 5.69 Å². The van der Waals surface area contributed by atoms with Gasteiger partial charge >= 0.3 is 5.97 Å². The van der Waals surface area contributed by atoms with Crippen LogP contribution in [0, 0.1) is 6.92 Å². The van der Waals surface area contributed by atoms with E-state index in [0.29, 0.717) is 22.1 Å². The number of hydrogen-bond donors (Lipinski definition) is 2. The van der Waals surface area contributed by atoms with Gasteiger partial charge in [0, 0.05) is 5.92 Å². The van der Waals surface area contributed by atoms with Crippen LogP contribution in [0.1, 0.15) is 58.8 Å². The van der Waals surface area contributed by atoms with Crippen molar-refractivity contribution in [1.29, 1.82) is 0 Å². The van der Waals surface area contributed by atoms with Crippen molar-refractivity contribution in [2.75, 3.05) is 0 Å². The van der Waals surface area contributed by atoms with Crippen LogP contribution in [0.2, 0.25) is 5.02 Å². The van der Waals surface area contributed by atoms with Crippen LogP contribution in [-0.2, 0) is 4.79 Å². The largest absolute Gasteiger partial charge is 0.481 e. The zero-order valence-electron chi connectivity index (χ0n) is 16.4. The Bertz CT molecular complexity index is 1090. The molecule has 1 amide bonds. The van der Waals surface area contributed by atoms with Gasteiger partial charge < -0.3 is 10.4 Å². The lowest BCUT2D eigenvalue weighted by Gasteiger charge is -2.16. The molecule has 1 atom stereocenters. The topological polar surface area (TPSA) is 97.1 Å². The molecule has 3 aromatic rings. The van der Waals surface area contributed by atoms with Gasteiger partial charge in [0.2, 0.25) is 5.82 Å². The minimum atomic E-state index is -1.01. The highest BCUT2D eigenvalue weighted by Gasteiger charge is 2.32. The molecular formula is C22H21ClN4O3. The normalized spacial score (nSPS) is 14.3. The molecule has 0 saturated heterocycles. The molecule has 7 nitrogen and oxygen atoms in total. The molecule has 1 aliphatic carbocycles. The van der Waals surface area contributed by atoms with Gasteiger partial charge in [-0.3, -0.25) is 9.59 Å². The SMILES string of the molecule is Cc1ccc(C(CC(=O)O)NC(=O)c2nc(C3CC3)n(-c3ccccc3Cl)n2)cc1. The van der Waals surface area contributed by atoms with E-state index < -0.39 is 17.9 Å². The van der Waals surface area contributed by atoms with Gasteiger partial charge in [0.1, 0.15) is 5.82 Å².